The molecule has 2 aromatic rings. The molecule has 0 spiro atoms. The van der Waals surface area contributed by atoms with Crippen molar-refractivity contribution >= 4 is 23.4 Å². The van der Waals surface area contributed by atoms with Gasteiger partial charge in [0.15, 0.2) is 0 Å². The van der Waals surface area contributed by atoms with E-state index < -0.39 is 22.3 Å². The molecule has 0 atom stereocenters. The number of hydrogen-bond donors (Lipinski definition) is 2. The lowest BCUT2D eigenvalue weighted by molar-refractivity contribution is -0.385. The SMILES string of the molecule is O=C(/C=C/c1ccc(F)cc1[N+](=O)[O-])Nc1cccc(CO)c1. The zero-order chi connectivity index (χ0) is 16.8. The van der Waals surface area contributed by atoms with E-state index in [2.05, 4.69) is 5.32 Å². The maximum Gasteiger partial charge on any atom is 0.279 e. The number of amides is 1. The molecule has 118 valence electrons. The minimum Gasteiger partial charge on any atom is -0.392 e. The second-order valence-corrected chi connectivity index (χ2v) is 4.64. The van der Waals surface area contributed by atoms with Crippen LogP contribution in [0.1, 0.15) is 11.1 Å². The largest absolute Gasteiger partial charge is 0.392 e. The van der Waals surface area contributed by atoms with E-state index in [0.29, 0.717) is 11.3 Å². The molecule has 2 aromatic carbocycles. The van der Waals surface area contributed by atoms with E-state index in [4.69, 9.17) is 5.11 Å². The molecule has 2 rings (SSSR count). The van der Waals surface area contributed by atoms with Crippen LogP contribution in [0, 0.1) is 15.9 Å². The molecule has 0 aliphatic heterocycles. The Kier molecular flexibility index (Phi) is 5.16. The molecule has 23 heavy (non-hydrogen) atoms. The molecule has 0 heterocycles. The van der Waals surface area contributed by atoms with Gasteiger partial charge in [-0.1, -0.05) is 12.1 Å². The molecule has 0 aliphatic carbocycles. The first-order valence-corrected chi connectivity index (χ1v) is 6.62. The molecule has 0 radical (unpaired) electrons. The zero-order valence-corrected chi connectivity index (χ0v) is 11.9. The van der Waals surface area contributed by atoms with Crippen LogP contribution in [-0.2, 0) is 11.4 Å². The summed E-state index contributed by atoms with van der Waals surface area (Å²) in [5.41, 5.74) is 0.827. The van der Waals surface area contributed by atoms with Crippen molar-refractivity contribution in [2.24, 2.45) is 0 Å². The number of rotatable bonds is 5. The fraction of sp³-hybridized carbons (Fsp3) is 0.0625. The lowest BCUT2D eigenvalue weighted by Crippen LogP contribution is -2.08. The Morgan fingerprint density at radius 1 is 1.30 bits per heavy atom. The Balaban J connectivity index is 2.13. The van der Waals surface area contributed by atoms with Crippen LogP contribution in [0.3, 0.4) is 0 Å². The van der Waals surface area contributed by atoms with E-state index in [1.807, 2.05) is 0 Å². The number of nitrogens with zero attached hydrogens (tertiary/aromatic N) is 1. The summed E-state index contributed by atoms with van der Waals surface area (Å²) in [6.45, 7) is -0.151. The first-order chi connectivity index (χ1) is 11.0. The van der Waals surface area contributed by atoms with Crippen molar-refractivity contribution in [2.75, 3.05) is 5.32 Å². The van der Waals surface area contributed by atoms with Gasteiger partial charge in [0.2, 0.25) is 5.91 Å². The van der Waals surface area contributed by atoms with Gasteiger partial charge in [-0.05, 0) is 35.9 Å². The first kappa shape index (κ1) is 16.3. The Labute approximate surface area is 131 Å². The highest BCUT2D eigenvalue weighted by molar-refractivity contribution is 6.02. The molecule has 0 saturated carbocycles. The second-order valence-electron chi connectivity index (χ2n) is 4.64. The van der Waals surface area contributed by atoms with Gasteiger partial charge in [-0.15, -0.1) is 0 Å². The average molecular weight is 316 g/mol. The molecule has 0 aliphatic rings. The van der Waals surface area contributed by atoms with E-state index in [1.165, 1.54) is 12.1 Å². The minimum absolute atomic E-state index is 0.121. The highest BCUT2D eigenvalue weighted by Gasteiger charge is 2.12. The summed E-state index contributed by atoms with van der Waals surface area (Å²) in [6.07, 6.45) is 2.36. The average Bonchev–Trinajstić information content (AvgIpc) is 2.53. The third-order valence-electron chi connectivity index (χ3n) is 2.98. The van der Waals surface area contributed by atoms with E-state index in [1.54, 1.807) is 24.3 Å². The van der Waals surface area contributed by atoms with E-state index >= 15 is 0 Å². The fourth-order valence-corrected chi connectivity index (χ4v) is 1.91. The first-order valence-electron chi connectivity index (χ1n) is 6.62. The molecule has 0 aromatic heterocycles. The second kappa shape index (κ2) is 7.28. The van der Waals surface area contributed by atoms with Gasteiger partial charge in [-0.2, -0.15) is 0 Å². The standard InChI is InChI=1S/C16H13FN2O4/c17-13-6-4-12(15(9-13)19(22)23)5-7-16(21)18-14-3-1-2-11(8-14)10-20/h1-9,20H,10H2,(H,18,21)/b7-5+. The van der Waals surface area contributed by atoms with Gasteiger partial charge in [0, 0.05) is 11.8 Å². The molecule has 0 saturated heterocycles. The summed E-state index contributed by atoms with van der Waals surface area (Å²) < 4.78 is 13.0. The smallest absolute Gasteiger partial charge is 0.279 e. The highest BCUT2D eigenvalue weighted by Crippen LogP contribution is 2.21. The summed E-state index contributed by atoms with van der Waals surface area (Å²) >= 11 is 0. The van der Waals surface area contributed by atoms with Gasteiger partial charge in [0.1, 0.15) is 5.82 Å². The molecular formula is C16H13FN2O4. The number of halogens is 1. The van der Waals surface area contributed by atoms with Gasteiger partial charge < -0.3 is 10.4 Å². The molecule has 6 nitrogen and oxygen atoms in total. The quantitative estimate of drug-likeness (QED) is 0.504. The zero-order valence-electron chi connectivity index (χ0n) is 11.9. The molecule has 2 N–H and O–H groups in total. The minimum atomic E-state index is -0.723. The van der Waals surface area contributed by atoms with Crippen LogP contribution >= 0.6 is 0 Å². The fourth-order valence-electron chi connectivity index (χ4n) is 1.91. The summed E-state index contributed by atoms with van der Waals surface area (Å²) in [4.78, 5) is 22.0. The van der Waals surface area contributed by atoms with Crippen molar-refractivity contribution in [2.45, 2.75) is 6.61 Å². The number of nitro groups is 1. The number of nitro benzene ring substituents is 1. The number of aliphatic hydroxyl groups is 1. The number of aliphatic hydroxyl groups excluding tert-OH is 1. The van der Waals surface area contributed by atoms with E-state index in [9.17, 15) is 19.3 Å². The predicted molar refractivity (Wildman–Crippen MR) is 83.1 cm³/mol. The molecule has 0 fully saturated rings. The topological polar surface area (TPSA) is 92.5 Å². The number of carbonyl (C=O) groups excluding carboxylic acids is 1. The van der Waals surface area contributed by atoms with Crippen molar-refractivity contribution in [3.8, 4) is 0 Å². The van der Waals surface area contributed by atoms with Crippen molar-refractivity contribution in [1.82, 2.24) is 0 Å². The Bertz CT molecular complexity index is 774. The lowest BCUT2D eigenvalue weighted by atomic mass is 10.1. The van der Waals surface area contributed by atoms with Gasteiger partial charge in [-0.3, -0.25) is 14.9 Å². The van der Waals surface area contributed by atoms with Crippen molar-refractivity contribution < 1.29 is 19.2 Å². The number of hydrogen-bond acceptors (Lipinski definition) is 4. The van der Waals surface area contributed by atoms with Gasteiger partial charge in [0.05, 0.1) is 23.2 Å². The van der Waals surface area contributed by atoms with Crippen LogP contribution in [-0.4, -0.2) is 15.9 Å². The number of anilines is 1. The third kappa shape index (κ3) is 4.45. The van der Waals surface area contributed by atoms with Crippen molar-refractivity contribution in [3.63, 3.8) is 0 Å². The van der Waals surface area contributed by atoms with E-state index in [-0.39, 0.29) is 12.2 Å². The summed E-state index contributed by atoms with van der Waals surface area (Å²) in [6, 6.07) is 9.72. The molecule has 7 heteroatoms. The maximum atomic E-state index is 13.0. The van der Waals surface area contributed by atoms with Crippen LogP contribution in [0.15, 0.2) is 48.5 Å². The molecule has 0 unspecified atom stereocenters. The van der Waals surface area contributed by atoms with Gasteiger partial charge >= 0.3 is 0 Å². The van der Waals surface area contributed by atoms with Crippen LogP contribution in [0.25, 0.3) is 6.08 Å². The molecule has 1 amide bonds. The Morgan fingerprint density at radius 2 is 2.09 bits per heavy atom. The Morgan fingerprint density at radius 3 is 2.78 bits per heavy atom. The van der Waals surface area contributed by atoms with Gasteiger partial charge in [-0.25, -0.2) is 4.39 Å². The van der Waals surface area contributed by atoms with Crippen LogP contribution in [0.4, 0.5) is 15.8 Å². The molecule has 0 bridgehead atoms. The number of nitrogens with one attached hydrogen (secondary N) is 1. The maximum absolute atomic E-state index is 13.0. The highest BCUT2D eigenvalue weighted by atomic mass is 19.1. The normalized spacial score (nSPS) is 10.7. The summed E-state index contributed by atoms with van der Waals surface area (Å²) in [7, 11) is 0. The Hall–Kier alpha value is -3.06. The third-order valence-corrected chi connectivity index (χ3v) is 2.98. The monoisotopic (exact) mass is 316 g/mol. The lowest BCUT2D eigenvalue weighted by Gasteiger charge is -2.04. The number of carbonyl (C=O) groups is 1. The van der Waals surface area contributed by atoms with Crippen LogP contribution in [0.5, 0.6) is 0 Å². The number of benzene rings is 2. The predicted octanol–water partition coefficient (Wildman–Crippen LogP) is 2.88. The van der Waals surface area contributed by atoms with Crippen molar-refractivity contribution in [3.05, 3.63) is 75.6 Å². The van der Waals surface area contributed by atoms with Crippen LogP contribution in [0.2, 0.25) is 0 Å². The van der Waals surface area contributed by atoms with Gasteiger partial charge in [0.25, 0.3) is 5.69 Å². The molecular weight excluding hydrogens is 303 g/mol. The van der Waals surface area contributed by atoms with E-state index in [0.717, 1.165) is 18.2 Å². The van der Waals surface area contributed by atoms with Crippen LogP contribution < -0.4 is 5.32 Å². The summed E-state index contributed by atoms with van der Waals surface area (Å²) in [5.74, 6) is -1.22. The van der Waals surface area contributed by atoms with Crippen molar-refractivity contribution in [1.29, 1.82) is 0 Å². The summed E-state index contributed by atoms with van der Waals surface area (Å²) in [5, 5.41) is 22.5.